The molecule has 32 heavy (non-hydrogen) atoms. The summed E-state index contributed by atoms with van der Waals surface area (Å²) in [5.74, 6) is 0.437. The molecule has 0 radical (unpaired) electrons. The highest BCUT2D eigenvalue weighted by Crippen LogP contribution is 2.23. The van der Waals surface area contributed by atoms with Gasteiger partial charge < -0.3 is 19.7 Å². The number of carbonyl (C=O) groups is 2. The molecule has 0 saturated carbocycles. The average Bonchev–Trinajstić information content (AvgIpc) is 2.83. The summed E-state index contributed by atoms with van der Waals surface area (Å²) in [6.07, 6.45) is 0.270. The van der Waals surface area contributed by atoms with E-state index < -0.39 is 0 Å². The van der Waals surface area contributed by atoms with Gasteiger partial charge in [0.15, 0.2) is 0 Å². The minimum atomic E-state index is -0.127. The van der Waals surface area contributed by atoms with Gasteiger partial charge in [0.2, 0.25) is 5.91 Å². The third-order valence-electron chi connectivity index (χ3n) is 4.99. The SMILES string of the molecule is COCCNC(=O)Cc1ccc(N(Cc2ccccc2)C(=O)c2cccc(OC)c2)cc1. The Morgan fingerprint density at radius 3 is 2.31 bits per heavy atom. The molecule has 0 saturated heterocycles. The van der Waals surface area contributed by atoms with Crippen LogP contribution in [-0.4, -0.2) is 39.2 Å². The zero-order chi connectivity index (χ0) is 22.8. The molecule has 0 aliphatic carbocycles. The number of hydrogen-bond donors (Lipinski definition) is 1. The van der Waals surface area contributed by atoms with Gasteiger partial charge in [0.05, 0.1) is 26.7 Å². The van der Waals surface area contributed by atoms with Crippen LogP contribution in [0.1, 0.15) is 21.5 Å². The monoisotopic (exact) mass is 432 g/mol. The second-order valence-corrected chi connectivity index (χ2v) is 7.29. The molecule has 1 N–H and O–H groups in total. The molecule has 0 unspecified atom stereocenters. The van der Waals surface area contributed by atoms with Crippen molar-refractivity contribution in [1.82, 2.24) is 5.32 Å². The molecule has 0 aromatic heterocycles. The highest BCUT2D eigenvalue weighted by molar-refractivity contribution is 6.06. The van der Waals surface area contributed by atoms with E-state index in [9.17, 15) is 9.59 Å². The van der Waals surface area contributed by atoms with Crippen LogP contribution in [0.4, 0.5) is 5.69 Å². The zero-order valence-electron chi connectivity index (χ0n) is 18.4. The van der Waals surface area contributed by atoms with Crippen molar-refractivity contribution in [1.29, 1.82) is 0 Å². The maximum atomic E-state index is 13.4. The number of nitrogens with zero attached hydrogens (tertiary/aromatic N) is 1. The van der Waals surface area contributed by atoms with Gasteiger partial charge in [0, 0.05) is 24.9 Å². The van der Waals surface area contributed by atoms with Crippen LogP contribution in [0, 0.1) is 0 Å². The maximum Gasteiger partial charge on any atom is 0.258 e. The Hall–Kier alpha value is -3.64. The van der Waals surface area contributed by atoms with E-state index in [4.69, 9.17) is 9.47 Å². The summed E-state index contributed by atoms with van der Waals surface area (Å²) in [5.41, 5.74) is 3.19. The first kappa shape index (κ1) is 23.0. The van der Waals surface area contributed by atoms with Gasteiger partial charge in [0.25, 0.3) is 5.91 Å². The first-order chi connectivity index (χ1) is 15.6. The smallest absolute Gasteiger partial charge is 0.258 e. The lowest BCUT2D eigenvalue weighted by molar-refractivity contribution is -0.120. The van der Waals surface area contributed by atoms with Crippen molar-refractivity contribution >= 4 is 17.5 Å². The lowest BCUT2D eigenvalue weighted by Gasteiger charge is -2.24. The molecule has 0 aliphatic rings. The quantitative estimate of drug-likeness (QED) is 0.494. The molecule has 3 aromatic carbocycles. The summed E-state index contributed by atoms with van der Waals surface area (Å²) >= 11 is 0. The molecular formula is C26H28N2O4. The van der Waals surface area contributed by atoms with Crippen LogP contribution in [0.15, 0.2) is 78.9 Å². The Labute approximate surface area is 188 Å². The van der Waals surface area contributed by atoms with Crippen molar-refractivity contribution in [3.63, 3.8) is 0 Å². The predicted molar refractivity (Wildman–Crippen MR) is 125 cm³/mol. The largest absolute Gasteiger partial charge is 0.497 e. The van der Waals surface area contributed by atoms with Crippen molar-refractivity contribution in [3.05, 3.63) is 95.6 Å². The molecule has 6 nitrogen and oxygen atoms in total. The number of hydrogen-bond acceptors (Lipinski definition) is 4. The fourth-order valence-electron chi connectivity index (χ4n) is 3.29. The van der Waals surface area contributed by atoms with Crippen LogP contribution in [0.3, 0.4) is 0 Å². The van der Waals surface area contributed by atoms with E-state index in [1.807, 2.05) is 60.7 Å². The van der Waals surface area contributed by atoms with Gasteiger partial charge in [-0.1, -0.05) is 48.5 Å². The lowest BCUT2D eigenvalue weighted by Crippen LogP contribution is -2.30. The molecule has 3 aromatic rings. The van der Waals surface area contributed by atoms with Crippen LogP contribution in [0.25, 0.3) is 0 Å². The molecular weight excluding hydrogens is 404 g/mol. The number of amides is 2. The molecule has 0 bridgehead atoms. The number of anilines is 1. The Morgan fingerprint density at radius 2 is 1.62 bits per heavy atom. The van der Waals surface area contributed by atoms with Crippen molar-refractivity contribution in [2.45, 2.75) is 13.0 Å². The lowest BCUT2D eigenvalue weighted by atomic mass is 10.1. The molecule has 0 fully saturated rings. The van der Waals surface area contributed by atoms with Gasteiger partial charge in [0.1, 0.15) is 5.75 Å². The van der Waals surface area contributed by atoms with Gasteiger partial charge in [-0.25, -0.2) is 0 Å². The fraction of sp³-hybridized carbons (Fsp3) is 0.231. The van der Waals surface area contributed by atoms with Crippen molar-refractivity contribution in [2.75, 3.05) is 32.3 Å². The molecule has 0 atom stereocenters. The molecule has 0 aliphatic heterocycles. The molecule has 6 heteroatoms. The van der Waals surface area contributed by atoms with E-state index in [0.29, 0.717) is 31.0 Å². The van der Waals surface area contributed by atoms with Gasteiger partial charge in [-0.3, -0.25) is 9.59 Å². The van der Waals surface area contributed by atoms with Gasteiger partial charge in [-0.05, 0) is 41.5 Å². The predicted octanol–water partition coefficient (Wildman–Crippen LogP) is 3.85. The first-order valence-electron chi connectivity index (χ1n) is 10.4. The van der Waals surface area contributed by atoms with E-state index in [2.05, 4.69) is 5.32 Å². The van der Waals surface area contributed by atoms with Gasteiger partial charge in [-0.2, -0.15) is 0 Å². The number of methoxy groups -OCH3 is 2. The van der Waals surface area contributed by atoms with E-state index >= 15 is 0 Å². The number of ether oxygens (including phenoxy) is 2. The molecule has 166 valence electrons. The van der Waals surface area contributed by atoms with Crippen LogP contribution in [0.2, 0.25) is 0 Å². The van der Waals surface area contributed by atoms with Gasteiger partial charge in [-0.15, -0.1) is 0 Å². The summed E-state index contributed by atoms with van der Waals surface area (Å²) < 4.78 is 10.2. The minimum absolute atomic E-state index is 0.0663. The van der Waals surface area contributed by atoms with Crippen LogP contribution >= 0.6 is 0 Å². The molecule has 0 heterocycles. The average molecular weight is 433 g/mol. The van der Waals surface area contributed by atoms with Crippen molar-refractivity contribution < 1.29 is 19.1 Å². The Bertz CT molecular complexity index is 1020. The zero-order valence-corrected chi connectivity index (χ0v) is 18.4. The van der Waals surface area contributed by atoms with Crippen molar-refractivity contribution in [3.8, 4) is 5.75 Å². The number of rotatable bonds is 10. The number of carbonyl (C=O) groups excluding carboxylic acids is 2. The summed E-state index contributed by atoms with van der Waals surface area (Å²) in [6.45, 7) is 1.38. The van der Waals surface area contributed by atoms with Crippen LogP contribution in [0.5, 0.6) is 5.75 Å². The van der Waals surface area contributed by atoms with Crippen LogP contribution < -0.4 is 15.0 Å². The van der Waals surface area contributed by atoms with Crippen LogP contribution in [-0.2, 0) is 22.5 Å². The fourth-order valence-corrected chi connectivity index (χ4v) is 3.29. The standard InChI is InChI=1S/C26H28N2O4/c1-31-16-15-27-25(29)17-20-11-13-23(14-12-20)28(19-21-7-4-3-5-8-21)26(30)22-9-6-10-24(18-22)32-2/h3-14,18H,15-17,19H2,1-2H3,(H,27,29). The van der Waals surface area contributed by atoms with Gasteiger partial charge >= 0.3 is 0 Å². The normalized spacial score (nSPS) is 10.4. The third kappa shape index (κ3) is 6.43. The topological polar surface area (TPSA) is 67.9 Å². The molecule has 0 spiro atoms. The molecule has 2 amide bonds. The highest BCUT2D eigenvalue weighted by atomic mass is 16.5. The van der Waals surface area contributed by atoms with E-state index in [0.717, 1.165) is 16.8 Å². The second-order valence-electron chi connectivity index (χ2n) is 7.29. The number of benzene rings is 3. The highest BCUT2D eigenvalue weighted by Gasteiger charge is 2.19. The minimum Gasteiger partial charge on any atom is -0.497 e. The molecule has 3 rings (SSSR count). The Kier molecular flexibility index (Phi) is 8.40. The summed E-state index contributed by atoms with van der Waals surface area (Å²) in [6, 6.07) is 24.5. The first-order valence-corrected chi connectivity index (χ1v) is 10.4. The summed E-state index contributed by atoms with van der Waals surface area (Å²) in [7, 11) is 3.17. The number of nitrogens with one attached hydrogen (secondary N) is 1. The Morgan fingerprint density at radius 1 is 0.875 bits per heavy atom. The third-order valence-corrected chi connectivity index (χ3v) is 4.99. The van der Waals surface area contributed by atoms with E-state index in [-0.39, 0.29) is 18.2 Å². The summed E-state index contributed by atoms with van der Waals surface area (Å²) in [4.78, 5) is 27.2. The van der Waals surface area contributed by atoms with E-state index in [1.165, 1.54) is 0 Å². The Balaban J connectivity index is 1.81. The summed E-state index contributed by atoms with van der Waals surface area (Å²) in [5, 5.41) is 2.81. The second kappa shape index (κ2) is 11.7. The van der Waals surface area contributed by atoms with E-state index in [1.54, 1.807) is 37.3 Å². The maximum absolute atomic E-state index is 13.4. The van der Waals surface area contributed by atoms with Crippen molar-refractivity contribution in [2.24, 2.45) is 0 Å².